The molecule has 0 aliphatic carbocycles. The van der Waals surface area contributed by atoms with Crippen molar-refractivity contribution < 1.29 is 0 Å². The molecular formula is C13H16Cl2N4S. The zero-order chi connectivity index (χ0) is 14.9. The predicted octanol–water partition coefficient (Wildman–Crippen LogP) is 3.70. The lowest BCUT2D eigenvalue weighted by Gasteiger charge is -2.22. The first-order valence-corrected chi connectivity index (χ1v) is 7.62. The Morgan fingerprint density at radius 3 is 2.60 bits per heavy atom. The van der Waals surface area contributed by atoms with Crippen molar-refractivity contribution >= 4 is 34.7 Å². The van der Waals surface area contributed by atoms with Crippen LogP contribution in [0.4, 0.5) is 0 Å². The molecule has 2 aromatic rings. The maximum absolute atomic E-state index is 6.29. The average Bonchev–Trinajstić information content (AvgIpc) is 2.84. The van der Waals surface area contributed by atoms with Crippen LogP contribution in [0.3, 0.4) is 0 Å². The molecule has 1 unspecified atom stereocenters. The standard InChI is InChI=1S/C13H16Cl2N4S/c1-13(2,3)12-11(20-19-18-12)10(17-16)7-5-4-6-8(14)9(7)15/h4-6,10,17H,16H2,1-3H3. The number of rotatable bonds is 3. The van der Waals surface area contributed by atoms with Gasteiger partial charge in [-0.3, -0.25) is 5.84 Å². The lowest BCUT2D eigenvalue weighted by Crippen LogP contribution is -2.30. The number of hydrogen-bond donors (Lipinski definition) is 2. The largest absolute Gasteiger partial charge is 0.271 e. The lowest BCUT2D eigenvalue weighted by molar-refractivity contribution is 0.543. The van der Waals surface area contributed by atoms with Crippen LogP contribution in [-0.2, 0) is 5.41 Å². The summed E-state index contributed by atoms with van der Waals surface area (Å²) in [6.45, 7) is 6.25. The van der Waals surface area contributed by atoms with Crippen molar-refractivity contribution in [3.8, 4) is 0 Å². The van der Waals surface area contributed by atoms with Gasteiger partial charge < -0.3 is 0 Å². The molecule has 7 heteroatoms. The molecule has 0 saturated carbocycles. The number of hydrogen-bond acceptors (Lipinski definition) is 5. The van der Waals surface area contributed by atoms with Crippen molar-refractivity contribution in [1.29, 1.82) is 0 Å². The van der Waals surface area contributed by atoms with E-state index in [4.69, 9.17) is 29.0 Å². The molecule has 2 rings (SSSR count). The van der Waals surface area contributed by atoms with Gasteiger partial charge in [0.05, 0.1) is 26.7 Å². The molecule has 0 spiro atoms. The second-order valence-electron chi connectivity index (χ2n) is 5.48. The fraction of sp³-hybridized carbons (Fsp3) is 0.385. The van der Waals surface area contributed by atoms with Gasteiger partial charge in [-0.25, -0.2) is 5.43 Å². The molecule has 0 fully saturated rings. The maximum atomic E-state index is 6.29. The van der Waals surface area contributed by atoms with E-state index in [1.807, 2.05) is 12.1 Å². The second-order valence-corrected chi connectivity index (χ2v) is 7.05. The summed E-state index contributed by atoms with van der Waals surface area (Å²) in [6, 6.07) is 5.20. The summed E-state index contributed by atoms with van der Waals surface area (Å²) in [4.78, 5) is 0.948. The van der Waals surface area contributed by atoms with Crippen LogP contribution in [-0.4, -0.2) is 9.59 Å². The van der Waals surface area contributed by atoms with Gasteiger partial charge in [-0.2, -0.15) is 0 Å². The van der Waals surface area contributed by atoms with Crippen molar-refractivity contribution in [2.24, 2.45) is 5.84 Å². The number of hydrazine groups is 1. The Labute approximate surface area is 132 Å². The molecule has 0 amide bonds. The van der Waals surface area contributed by atoms with Crippen molar-refractivity contribution in [2.45, 2.75) is 32.2 Å². The maximum Gasteiger partial charge on any atom is 0.0861 e. The molecule has 4 nitrogen and oxygen atoms in total. The smallest absolute Gasteiger partial charge is 0.0861 e. The first-order valence-electron chi connectivity index (χ1n) is 6.09. The van der Waals surface area contributed by atoms with Crippen LogP contribution < -0.4 is 11.3 Å². The summed E-state index contributed by atoms with van der Waals surface area (Å²) in [5.74, 6) is 5.73. The molecule has 1 atom stereocenters. The van der Waals surface area contributed by atoms with Crippen LogP contribution in [0.15, 0.2) is 18.2 Å². The molecule has 0 radical (unpaired) electrons. The molecule has 0 bridgehead atoms. The van der Waals surface area contributed by atoms with Crippen LogP contribution in [0, 0.1) is 0 Å². The van der Waals surface area contributed by atoms with E-state index in [0.29, 0.717) is 10.0 Å². The second kappa shape index (κ2) is 5.95. The van der Waals surface area contributed by atoms with Gasteiger partial charge in [-0.1, -0.05) is 60.6 Å². The number of nitrogens with two attached hydrogens (primary N) is 1. The Morgan fingerprint density at radius 2 is 2.00 bits per heavy atom. The van der Waals surface area contributed by atoms with E-state index >= 15 is 0 Å². The van der Waals surface area contributed by atoms with E-state index in [1.165, 1.54) is 11.5 Å². The zero-order valence-electron chi connectivity index (χ0n) is 11.4. The van der Waals surface area contributed by atoms with Crippen molar-refractivity contribution in [2.75, 3.05) is 0 Å². The normalized spacial score (nSPS) is 13.5. The van der Waals surface area contributed by atoms with E-state index in [1.54, 1.807) is 6.07 Å². The Morgan fingerprint density at radius 1 is 1.30 bits per heavy atom. The van der Waals surface area contributed by atoms with Crippen molar-refractivity contribution in [1.82, 2.24) is 15.0 Å². The van der Waals surface area contributed by atoms with Gasteiger partial charge in [0.25, 0.3) is 0 Å². The van der Waals surface area contributed by atoms with E-state index in [9.17, 15) is 0 Å². The molecule has 0 aliphatic rings. The van der Waals surface area contributed by atoms with Crippen LogP contribution in [0.5, 0.6) is 0 Å². The third-order valence-corrected chi connectivity index (χ3v) is 4.57. The number of aromatic nitrogens is 2. The summed E-state index contributed by atoms with van der Waals surface area (Å²) in [5.41, 5.74) is 4.39. The van der Waals surface area contributed by atoms with E-state index in [-0.39, 0.29) is 11.5 Å². The highest BCUT2D eigenvalue weighted by atomic mass is 35.5. The summed E-state index contributed by atoms with van der Waals surface area (Å²) in [5, 5.41) is 5.22. The highest BCUT2D eigenvalue weighted by Gasteiger charge is 2.29. The van der Waals surface area contributed by atoms with Gasteiger partial charge in [0.15, 0.2) is 0 Å². The van der Waals surface area contributed by atoms with Crippen LogP contribution in [0.2, 0.25) is 10.0 Å². The fourth-order valence-corrected chi connectivity index (χ4v) is 3.32. The highest BCUT2D eigenvalue weighted by molar-refractivity contribution is 7.05. The van der Waals surface area contributed by atoms with E-state index < -0.39 is 0 Å². The average molecular weight is 331 g/mol. The Kier molecular flexibility index (Phi) is 4.66. The quantitative estimate of drug-likeness (QED) is 0.665. The molecular weight excluding hydrogens is 315 g/mol. The monoisotopic (exact) mass is 330 g/mol. The topological polar surface area (TPSA) is 63.8 Å². The van der Waals surface area contributed by atoms with Gasteiger partial charge in [0.2, 0.25) is 0 Å². The third kappa shape index (κ3) is 2.97. The Hall–Kier alpha value is -0.720. The van der Waals surface area contributed by atoms with Gasteiger partial charge in [-0.15, -0.1) is 5.10 Å². The number of halogens is 2. The SMILES string of the molecule is CC(C)(C)c1nnsc1C(NN)c1cccc(Cl)c1Cl. The van der Waals surface area contributed by atoms with E-state index in [2.05, 4.69) is 35.8 Å². The minimum Gasteiger partial charge on any atom is -0.271 e. The molecule has 0 saturated heterocycles. The molecule has 0 aliphatic heterocycles. The van der Waals surface area contributed by atoms with Crippen molar-refractivity contribution in [3.63, 3.8) is 0 Å². The molecule has 3 N–H and O–H groups in total. The van der Waals surface area contributed by atoms with Gasteiger partial charge in [-0.05, 0) is 23.2 Å². The van der Waals surface area contributed by atoms with Gasteiger partial charge in [0, 0.05) is 5.41 Å². The van der Waals surface area contributed by atoms with E-state index in [0.717, 1.165) is 16.1 Å². The molecule has 108 valence electrons. The van der Waals surface area contributed by atoms with Crippen molar-refractivity contribution in [3.05, 3.63) is 44.4 Å². The van der Waals surface area contributed by atoms with Gasteiger partial charge in [0.1, 0.15) is 0 Å². The van der Waals surface area contributed by atoms with Crippen LogP contribution in [0.25, 0.3) is 0 Å². The fourth-order valence-electron chi connectivity index (χ4n) is 1.96. The van der Waals surface area contributed by atoms with Gasteiger partial charge >= 0.3 is 0 Å². The molecule has 1 aromatic carbocycles. The summed E-state index contributed by atoms with van der Waals surface area (Å²) < 4.78 is 4.06. The van der Waals surface area contributed by atoms with Crippen LogP contribution in [0.1, 0.15) is 42.9 Å². The number of nitrogens with one attached hydrogen (secondary N) is 1. The molecule has 1 aromatic heterocycles. The minimum atomic E-state index is -0.282. The molecule has 20 heavy (non-hydrogen) atoms. The lowest BCUT2D eigenvalue weighted by atomic mass is 9.89. The molecule has 1 heterocycles. The summed E-state index contributed by atoms with van der Waals surface area (Å²) >= 11 is 13.7. The first kappa shape index (κ1) is 15.7. The third-order valence-electron chi connectivity index (χ3n) is 2.95. The Balaban J connectivity index is 2.54. The first-order chi connectivity index (χ1) is 9.36. The van der Waals surface area contributed by atoms with Crippen LogP contribution >= 0.6 is 34.7 Å². The summed E-state index contributed by atoms with van der Waals surface area (Å²) in [7, 11) is 0. The number of nitrogens with zero attached hydrogens (tertiary/aromatic N) is 2. The summed E-state index contributed by atoms with van der Waals surface area (Å²) in [6.07, 6.45) is 0. The predicted molar refractivity (Wildman–Crippen MR) is 84.2 cm³/mol. The minimum absolute atomic E-state index is 0.123. The zero-order valence-corrected chi connectivity index (χ0v) is 13.8. The number of benzene rings is 1. The highest BCUT2D eigenvalue weighted by Crippen LogP contribution is 2.37. The Bertz CT molecular complexity index is 607.